The van der Waals surface area contributed by atoms with Crippen LogP contribution in [0.4, 0.5) is 23.8 Å². The Morgan fingerprint density at radius 3 is 2.79 bits per heavy atom. The van der Waals surface area contributed by atoms with Crippen molar-refractivity contribution in [3.05, 3.63) is 12.0 Å². The fraction of sp³-hybridized carbons (Fsp3) is 0.455. The summed E-state index contributed by atoms with van der Waals surface area (Å²) in [4.78, 5) is 17.5. The van der Waals surface area contributed by atoms with Crippen molar-refractivity contribution in [2.24, 2.45) is 5.92 Å². The summed E-state index contributed by atoms with van der Waals surface area (Å²) in [6.07, 6.45) is -2.06. The minimum absolute atomic E-state index is 0.0163. The number of H-pyrrole nitrogens is 1. The topological polar surface area (TPSA) is 69.8 Å². The normalized spacial score (nSPS) is 25.7. The molecule has 0 spiro atoms. The zero-order valence-corrected chi connectivity index (χ0v) is 9.56. The van der Waals surface area contributed by atoms with Crippen molar-refractivity contribution < 1.29 is 18.0 Å². The second-order valence-electron chi connectivity index (χ2n) is 4.50. The lowest BCUT2D eigenvalue weighted by Gasteiger charge is -2.34. The number of aromatic nitrogens is 2. The molecule has 3 rings (SSSR count). The summed E-state index contributed by atoms with van der Waals surface area (Å²) in [5, 5.41) is 4.09. The third-order valence-corrected chi connectivity index (χ3v) is 3.01. The second-order valence-corrected chi connectivity index (χ2v) is 4.50. The van der Waals surface area contributed by atoms with Gasteiger partial charge in [-0.25, -0.2) is 9.78 Å². The first-order valence-electron chi connectivity index (χ1n) is 5.65. The molecule has 100 valence electrons. The van der Waals surface area contributed by atoms with E-state index < -0.39 is 17.7 Å². The quantitative estimate of drug-likeness (QED) is 0.628. The van der Waals surface area contributed by atoms with Crippen LogP contribution in [0.5, 0.6) is 0 Å². The molecule has 0 bridgehead atoms. The number of amides is 2. The van der Waals surface area contributed by atoms with Crippen LogP contribution in [0, 0.1) is 17.8 Å². The molecular formula is C11H9F3N4O. The summed E-state index contributed by atoms with van der Waals surface area (Å²) < 4.78 is 40.2. The molecule has 1 aromatic rings. The summed E-state index contributed by atoms with van der Waals surface area (Å²) in [5.74, 6) is 4.59. The molecule has 1 fully saturated rings. The fourth-order valence-corrected chi connectivity index (χ4v) is 1.86. The molecule has 1 aromatic heterocycles. The maximum atomic E-state index is 13.4. The number of hydrogen-bond acceptors (Lipinski definition) is 2. The van der Waals surface area contributed by atoms with E-state index >= 15 is 0 Å². The highest BCUT2D eigenvalue weighted by Crippen LogP contribution is 2.42. The summed E-state index contributed by atoms with van der Waals surface area (Å²) in [6, 6.07) is -0.970. The minimum Gasteiger partial charge on any atom is -0.344 e. The lowest BCUT2D eigenvalue weighted by atomic mass is 9.93. The Bertz CT molecular complexity index is 593. The first-order chi connectivity index (χ1) is 8.92. The van der Waals surface area contributed by atoms with Gasteiger partial charge < -0.3 is 10.3 Å². The number of aromatic amines is 1. The van der Waals surface area contributed by atoms with Crippen molar-refractivity contribution in [3.63, 3.8) is 0 Å². The van der Waals surface area contributed by atoms with E-state index in [1.807, 2.05) is 5.32 Å². The number of nitrogens with zero attached hydrogens (tertiary/aromatic N) is 1. The van der Waals surface area contributed by atoms with Crippen molar-refractivity contribution in [1.82, 2.24) is 15.3 Å². The third kappa shape index (κ3) is 1.82. The smallest absolute Gasteiger partial charge is 0.344 e. The maximum absolute atomic E-state index is 13.4. The summed E-state index contributed by atoms with van der Waals surface area (Å²) in [6.45, 7) is 0. The first kappa shape index (κ1) is 11.9. The second kappa shape index (κ2) is 3.66. The van der Waals surface area contributed by atoms with E-state index in [1.54, 1.807) is 0 Å². The summed E-state index contributed by atoms with van der Waals surface area (Å²) in [5.41, 5.74) is -3.00. The molecule has 1 saturated carbocycles. The zero-order valence-electron chi connectivity index (χ0n) is 9.56. The molecule has 0 saturated heterocycles. The minimum atomic E-state index is -4.74. The van der Waals surface area contributed by atoms with Crippen LogP contribution < -0.4 is 10.6 Å². The van der Waals surface area contributed by atoms with Crippen molar-refractivity contribution in [3.8, 4) is 11.8 Å². The molecule has 8 heteroatoms. The molecular weight excluding hydrogens is 261 g/mol. The molecule has 5 nitrogen and oxygen atoms in total. The molecule has 2 aliphatic rings. The van der Waals surface area contributed by atoms with Crippen LogP contribution in [-0.4, -0.2) is 22.2 Å². The molecule has 1 unspecified atom stereocenters. The predicted molar refractivity (Wildman–Crippen MR) is 59.0 cm³/mol. The van der Waals surface area contributed by atoms with Gasteiger partial charge in [-0.2, -0.15) is 13.2 Å². The van der Waals surface area contributed by atoms with Gasteiger partial charge in [0.15, 0.2) is 5.82 Å². The summed E-state index contributed by atoms with van der Waals surface area (Å²) >= 11 is 0. The SMILES string of the molecule is O=C1Nc2nc[nH]c2C(C#CC2CC2)(C(F)(F)F)N1. The van der Waals surface area contributed by atoms with Crippen molar-refractivity contribution in [1.29, 1.82) is 0 Å². The Balaban J connectivity index is 2.15. The van der Waals surface area contributed by atoms with Crippen LogP contribution in [0.3, 0.4) is 0 Å². The molecule has 1 aliphatic carbocycles. The number of rotatable bonds is 0. The van der Waals surface area contributed by atoms with E-state index in [9.17, 15) is 18.0 Å². The lowest BCUT2D eigenvalue weighted by Crippen LogP contribution is -2.59. The molecule has 2 heterocycles. The van der Waals surface area contributed by atoms with E-state index in [-0.39, 0.29) is 17.4 Å². The standard InChI is InChI=1S/C11H9F3N4O/c12-11(13,14)10(4-3-6-1-2-6)7-8(16-5-15-7)17-9(19)18-10/h5-6H,1-2H2,(H,15,16)(H2,17,18,19). The van der Waals surface area contributed by atoms with Gasteiger partial charge in [0.1, 0.15) is 5.69 Å². The van der Waals surface area contributed by atoms with Crippen LogP contribution >= 0.6 is 0 Å². The largest absolute Gasteiger partial charge is 0.429 e. The van der Waals surface area contributed by atoms with Gasteiger partial charge in [-0.1, -0.05) is 11.8 Å². The van der Waals surface area contributed by atoms with E-state index in [4.69, 9.17) is 0 Å². The molecule has 19 heavy (non-hydrogen) atoms. The Morgan fingerprint density at radius 1 is 1.42 bits per heavy atom. The molecule has 0 aromatic carbocycles. The Morgan fingerprint density at radius 2 is 2.16 bits per heavy atom. The van der Waals surface area contributed by atoms with E-state index in [0.29, 0.717) is 0 Å². The first-order valence-corrected chi connectivity index (χ1v) is 5.65. The molecule has 3 N–H and O–H groups in total. The molecule has 1 atom stereocenters. The summed E-state index contributed by atoms with van der Waals surface area (Å²) in [7, 11) is 0. The van der Waals surface area contributed by atoms with Crippen LogP contribution in [0.1, 0.15) is 18.5 Å². The van der Waals surface area contributed by atoms with E-state index in [1.165, 1.54) is 0 Å². The Kier molecular flexibility index (Phi) is 2.29. The number of fused-ring (bicyclic) bond motifs is 1. The van der Waals surface area contributed by atoms with Crippen molar-refractivity contribution in [2.75, 3.05) is 5.32 Å². The maximum Gasteiger partial charge on any atom is 0.429 e. The van der Waals surface area contributed by atoms with Gasteiger partial charge in [-0.05, 0) is 12.8 Å². The van der Waals surface area contributed by atoms with Gasteiger partial charge in [0.05, 0.1) is 6.33 Å². The number of alkyl halides is 3. The Hall–Kier alpha value is -2.17. The monoisotopic (exact) mass is 270 g/mol. The number of carbonyl (C=O) groups is 1. The molecule has 2 amide bonds. The van der Waals surface area contributed by atoms with Gasteiger partial charge in [0, 0.05) is 5.92 Å². The lowest BCUT2D eigenvalue weighted by molar-refractivity contribution is -0.179. The number of anilines is 1. The average molecular weight is 270 g/mol. The van der Waals surface area contributed by atoms with Crippen LogP contribution in [-0.2, 0) is 5.54 Å². The van der Waals surface area contributed by atoms with Gasteiger partial charge in [-0.3, -0.25) is 5.32 Å². The number of hydrogen-bond donors (Lipinski definition) is 3. The van der Waals surface area contributed by atoms with Gasteiger partial charge in [0.2, 0.25) is 5.54 Å². The Labute approximate surface area is 106 Å². The van der Waals surface area contributed by atoms with E-state index in [2.05, 4.69) is 27.1 Å². The van der Waals surface area contributed by atoms with Gasteiger partial charge >= 0.3 is 12.2 Å². The highest BCUT2D eigenvalue weighted by atomic mass is 19.4. The predicted octanol–water partition coefficient (Wildman–Crippen LogP) is 1.72. The van der Waals surface area contributed by atoms with Crippen molar-refractivity contribution >= 4 is 11.8 Å². The number of nitrogens with one attached hydrogen (secondary N) is 3. The fourth-order valence-electron chi connectivity index (χ4n) is 1.86. The van der Waals surface area contributed by atoms with Crippen LogP contribution in [0.25, 0.3) is 0 Å². The zero-order chi connectivity index (χ0) is 13.7. The van der Waals surface area contributed by atoms with E-state index in [0.717, 1.165) is 19.2 Å². The number of halogens is 3. The third-order valence-electron chi connectivity index (χ3n) is 3.01. The van der Waals surface area contributed by atoms with Crippen LogP contribution in [0.15, 0.2) is 6.33 Å². The van der Waals surface area contributed by atoms with Gasteiger partial charge in [-0.15, -0.1) is 0 Å². The molecule has 0 radical (unpaired) electrons. The van der Waals surface area contributed by atoms with Gasteiger partial charge in [0.25, 0.3) is 0 Å². The number of urea groups is 1. The average Bonchev–Trinajstić information content (AvgIpc) is 3.02. The van der Waals surface area contributed by atoms with Crippen molar-refractivity contribution in [2.45, 2.75) is 24.6 Å². The number of carbonyl (C=O) groups excluding carboxylic acids is 1. The highest BCUT2D eigenvalue weighted by molar-refractivity contribution is 5.93. The van der Waals surface area contributed by atoms with Crippen LogP contribution in [0.2, 0.25) is 0 Å². The highest BCUT2D eigenvalue weighted by Gasteiger charge is 2.60. The number of imidazole rings is 1. The molecule has 1 aliphatic heterocycles.